The average Bonchev–Trinajstić information content (AvgIpc) is 3.03. The van der Waals surface area contributed by atoms with Crippen molar-refractivity contribution in [3.05, 3.63) is 75.3 Å². The van der Waals surface area contributed by atoms with E-state index in [1.54, 1.807) is 24.3 Å². The molecule has 1 fully saturated rings. The second-order valence-electron chi connectivity index (χ2n) is 8.69. The molecule has 0 unspecified atom stereocenters. The van der Waals surface area contributed by atoms with Gasteiger partial charge in [-0.2, -0.15) is 0 Å². The van der Waals surface area contributed by atoms with Crippen molar-refractivity contribution in [1.29, 1.82) is 0 Å². The average molecular weight is 468 g/mol. The summed E-state index contributed by atoms with van der Waals surface area (Å²) in [4.78, 5) is 40.0. The number of hydrogen-bond acceptors (Lipinski definition) is 7. The van der Waals surface area contributed by atoms with Crippen LogP contribution in [-0.4, -0.2) is 64.8 Å². The molecule has 1 saturated heterocycles. The smallest absolute Gasteiger partial charge is 0.295 e. The van der Waals surface area contributed by atoms with Gasteiger partial charge in [0.2, 0.25) is 0 Å². The second-order valence-corrected chi connectivity index (χ2v) is 8.69. The van der Waals surface area contributed by atoms with Gasteiger partial charge < -0.3 is 19.6 Å². The van der Waals surface area contributed by atoms with Crippen molar-refractivity contribution in [3.8, 4) is 5.75 Å². The van der Waals surface area contributed by atoms with Crippen molar-refractivity contribution in [2.24, 2.45) is 0 Å². The number of nitrogens with zero attached hydrogens (tertiary/aromatic N) is 3. The van der Waals surface area contributed by atoms with Gasteiger partial charge in [-0.1, -0.05) is 0 Å². The van der Waals surface area contributed by atoms with E-state index in [9.17, 15) is 24.8 Å². The Balaban J connectivity index is 2.05. The third kappa shape index (κ3) is 5.43. The molecule has 0 bridgehead atoms. The lowest BCUT2D eigenvalue weighted by molar-refractivity contribution is -0.384. The predicted octanol–water partition coefficient (Wildman–Crippen LogP) is 3.76. The summed E-state index contributed by atoms with van der Waals surface area (Å²) in [7, 11) is 3.82. The Morgan fingerprint density at radius 1 is 1.12 bits per heavy atom. The summed E-state index contributed by atoms with van der Waals surface area (Å²) in [5.74, 6) is -1.17. The molecular weight excluding hydrogens is 438 g/mol. The van der Waals surface area contributed by atoms with Crippen LogP contribution in [-0.2, 0) is 9.59 Å². The first-order chi connectivity index (χ1) is 16.1. The molecule has 0 saturated carbocycles. The SMILES string of the molecule is CC(C)Oc1ccc(/C(O)=C2\C(=O)C(=O)N(CCCN(C)C)[C@H]2c2ccc([N+](=O)[O-])cc2)cc1. The molecule has 34 heavy (non-hydrogen) atoms. The molecule has 1 N–H and O–H groups in total. The van der Waals surface area contributed by atoms with Crippen LogP contribution >= 0.6 is 0 Å². The van der Waals surface area contributed by atoms with Gasteiger partial charge in [0.25, 0.3) is 17.4 Å². The number of ether oxygens (including phenoxy) is 1. The van der Waals surface area contributed by atoms with Gasteiger partial charge in [-0.05, 0) is 82.9 Å². The van der Waals surface area contributed by atoms with Crippen LogP contribution in [0.1, 0.15) is 37.4 Å². The van der Waals surface area contributed by atoms with Crippen molar-refractivity contribution in [2.45, 2.75) is 32.4 Å². The molecular formula is C25H29N3O6. The second kappa shape index (κ2) is 10.5. The number of likely N-dealkylation sites (tertiary alicyclic amines) is 1. The number of Topliss-reactive ketones (excluding diaryl/α,β-unsaturated/α-hetero) is 1. The van der Waals surface area contributed by atoms with Crippen LogP contribution in [0.25, 0.3) is 5.76 Å². The van der Waals surface area contributed by atoms with Gasteiger partial charge in [-0.15, -0.1) is 0 Å². The lowest BCUT2D eigenvalue weighted by Crippen LogP contribution is -2.32. The highest BCUT2D eigenvalue weighted by Crippen LogP contribution is 2.40. The van der Waals surface area contributed by atoms with E-state index >= 15 is 0 Å². The summed E-state index contributed by atoms with van der Waals surface area (Å²) in [6, 6.07) is 11.4. The zero-order chi connectivity index (χ0) is 25.0. The number of rotatable bonds is 9. The van der Waals surface area contributed by atoms with Crippen LogP contribution < -0.4 is 4.74 Å². The molecule has 0 aromatic heterocycles. The van der Waals surface area contributed by atoms with E-state index in [-0.39, 0.29) is 23.1 Å². The number of hydrogen-bond donors (Lipinski definition) is 1. The quantitative estimate of drug-likeness (QED) is 0.196. The van der Waals surface area contributed by atoms with Gasteiger partial charge in [0.15, 0.2) is 0 Å². The zero-order valence-corrected chi connectivity index (χ0v) is 19.7. The molecule has 9 nitrogen and oxygen atoms in total. The van der Waals surface area contributed by atoms with E-state index < -0.39 is 22.7 Å². The lowest BCUT2D eigenvalue weighted by Gasteiger charge is -2.26. The summed E-state index contributed by atoms with van der Waals surface area (Å²) >= 11 is 0. The van der Waals surface area contributed by atoms with Crippen LogP contribution in [0.5, 0.6) is 5.75 Å². The number of aliphatic hydroxyl groups excluding tert-OH is 1. The van der Waals surface area contributed by atoms with Gasteiger partial charge in [-0.25, -0.2) is 0 Å². The van der Waals surface area contributed by atoms with Crippen molar-refractivity contribution >= 4 is 23.1 Å². The summed E-state index contributed by atoms with van der Waals surface area (Å²) in [5, 5.41) is 22.2. The first-order valence-electron chi connectivity index (χ1n) is 11.0. The number of aliphatic hydroxyl groups is 1. The highest BCUT2D eigenvalue weighted by atomic mass is 16.6. The van der Waals surface area contributed by atoms with Gasteiger partial charge in [0.1, 0.15) is 11.5 Å². The number of nitro groups is 1. The Morgan fingerprint density at radius 2 is 1.74 bits per heavy atom. The normalized spacial score (nSPS) is 17.6. The Kier molecular flexibility index (Phi) is 7.68. The predicted molar refractivity (Wildman–Crippen MR) is 127 cm³/mol. The number of benzene rings is 2. The van der Waals surface area contributed by atoms with Crippen molar-refractivity contribution in [3.63, 3.8) is 0 Å². The fourth-order valence-electron chi connectivity index (χ4n) is 3.91. The maximum Gasteiger partial charge on any atom is 0.295 e. The van der Waals surface area contributed by atoms with E-state index in [2.05, 4.69) is 0 Å². The number of non-ortho nitro benzene ring substituents is 1. The fraction of sp³-hybridized carbons (Fsp3) is 0.360. The number of carbonyl (C=O) groups is 2. The Labute approximate surface area is 198 Å². The molecule has 0 spiro atoms. The molecule has 0 radical (unpaired) electrons. The first-order valence-corrected chi connectivity index (χ1v) is 11.0. The summed E-state index contributed by atoms with van der Waals surface area (Å²) < 4.78 is 5.63. The van der Waals surface area contributed by atoms with Crippen molar-refractivity contribution in [2.75, 3.05) is 27.2 Å². The molecule has 1 aliphatic heterocycles. The number of carbonyl (C=O) groups excluding carboxylic acids is 2. The topological polar surface area (TPSA) is 113 Å². The van der Waals surface area contributed by atoms with Crippen LogP contribution in [0.15, 0.2) is 54.1 Å². The third-order valence-corrected chi connectivity index (χ3v) is 5.46. The molecule has 9 heteroatoms. The maximum absolute atomic E-state index is 13.0. The van der Waals surface area contributed by atoms with E-state index in [1.807, 2.05) is 32.8 Å². The van der Waals surface area contributed by atoms with E-state index in [1.165, 1.54) is 29.2 Å². The van der Waals surface area contributed by atoms with E-state index in [4.69, 9.17) is 4.74 Å². The van der Waals surface area contributed by atoms with Gasteiger partial charge in [0, 0.05) is 24.2 Å². The Morgan fingerprint density at radius 3 is 2.26 bits per heavy atom. The molecule has 1 aliphatic rings. The minimum Gasteiger partial charge on any atom is -0.507 e. The number of nitro benzene ring substituents is 1. The molecule has 1 atom stereocenters. The van der Waals surface area contributed by atoms with Crippen LogP contribution in [0.2, 0.25) is 0 Å². The lowest BCUT2D eigenvalue weighted by atomic mass is 9.95. The third-order valence-electron chi connectivity index (χ3n) is 5.46. The van der Waals surface area contributed by atoms with E-state index in [0.29, 0.717) is 36.4 Å². The summed E-state index contributed by atoms with van der Waals surface area (Å²) in [6.07, 6.45) is 0.596. The first kappa shape index (κ1) is 24.9. The van der Waals surface area contributed by atoms with Gasteiger partial charge >= 0.3 is 0 Å². The largest absolute Gasteiger partial charge is 0.507 e. The van der Waals surface area contributed by atoms with E-state index in [0.717, 1.165) is 0 Å². The number of ketones is 1. The fourth-order valence-corrected chi connectivity index (χ4v) is 3.91. The highest BCUT2D eigenvalue weighted by Gasteiger charge is 2.45. The molecule has 3 rings (SSSR count). The number of amides is 1. The molecule has 2 aromatic rings. The van der Waals surface area contributed by atoms with Crippen LogP contribution in [0.3, 0.4) is 0 Å². The zero-order valence-electron chi connectivity index (χ0n) is 19.7. The molecule has 2 aromatic carbocycles. The highest BCUT2D eigenvalue weighted by molar-refractivity contribution is 6.46. The van der Waals surface area contributed by atoms with Crippen LogP contribution in [0.4, 0.5) is 5.69 Å². The molecule has 0 aliphatic carbocycles. The molecule has 1 amide bonds. The van der Waals surface area contributed by atoms with Crippen LogP contribution in [0, 0.1) is 10.1 Å². The minimum atomic E-state index is -0.852. The standard InChI is InChI=1S/C25H29N3O6/c1-16(2)34-20-12-8-18(9-13-20)23(29)21-22(17-6-10-19(11-7-17)28(32)33)27(25(31)24(21)30)15-5-14-26(3)4/h6-13,16,22,29H,5,14-15H2,1-4H3/b23-21+/t22-/m0/s1. The van der Waals surface area contributed by atoms with Gasteiger partial charge in [-0.3, -0.25) is 19.7 Å². The monoisotopic (exact) mass is 467 g/mol. The van der Waals surface area contributed by atoms with Gasteiger partial charge in [0.05, 0.1) is 22.6 Å². The molecule has 1 heterocycles. The Bertz CT molecular complexity index is 1090. The minimum absolute atomic E-state index is 0.0194. The van der Waals surface area contributed by atoms with Crippen molar-refractivity contribution < 1.29 is 24.4 Å². The maximum atomic E-state index is 13.0. The summed E-state index contributed by atoms with van der Waals surface area (Å²) in [5.41, 5.74) is 0.737. The Hall–Kier alpha value is -3.72. The molecule has 180 valence electrons. The van der Waals surface area contributed by atoms with Crippen molar-refractivity contribution in [1.82, 2.24) is 9.80 Å². The summed E-state index contributed by atoms with van der Waals surface area (Å²) in [6.45, 7) is 4.79.